The van der Waals surface area contributed by atoms with Gasteiger partial charge in [0, 0.05) is 31.2 Å². The van der Waals surface area contributed by atoms with Gasteiger partial charge in [0.2, 0.25) is 10.0 Å². The average molecular weight is 379 g/mol. The molecule has 1 aromatic rings. The second-order valence-electron chi connectivity index (χ2n) is 7.64. The summed E-state index contributed by atoms with van der Waals surface area (Å²) in [6.07, 6.45) is 7.22. The summed E-state index contributed by atoms with van der Waals surface area (Å²) in [5, 5.41) is 0. The van der Waals surface area contributed by atoms with Crippen LogP contribution in [0, 0.1) is 6.92 Å². The molecule has 144 valence electrons. The molecule has 3 rings (SSSR count). The third-order valence-electron chi connectivity index (χ3n) is 5.68. The highest BCUT2D eigenvalue weighted by Gasteiger charge is 2.32. The molecule has 1 aromatic carbocycles. The fraction of sp³-hybridized carbons (Fsp3) is 0.650. The van der Waals surface area contributed by atoms with Crippen LogP contribution in [0.3, 0.4) is 0 Å². The predicted molar refractivity (Wildman–Crippen MR) is 103 cm³/mol. The molecule has 0 N–H and O–H groups in total. The molecule has 2 aliphatic rings. The zero-order valence-corrected chi connectivity index (χ0v) is 16.7. The van der Waals surface area contributed by atoms with E-state index in [1.54, 1.807) is 22.5 Å². The first-order valence-electron chi connectivity index (χ1n) is 9.83. The van der Waals surface area contributed by atoms with E-state index in [2.05, 4.69) is 0 Å². The lowest BCUT2D eigenvalue weighted by molar-refractivity contribution is 0.0760. The first kappa shape index (κ1) is 19.4. The molecule has 1 unspecified atom stereocenters. The summed E-state index contributed by atoms with van der Waals surface area (Å²) in [5.41, 5.74) is 1.36. The fourth-order valence-electron chi connectivity index (χ4n) is 4.00. The molecule has 0 bridgehead atoms. The number of aryl methyl sites for hydroxylation is 1. The first-order valence-corrected chi connectivity index (χ1v) is 11.3. The highest BCUT2D eigenvalue weighted by Crippen LogP contribution is 2.27. The maximum atomic E-state index is 13.1. The zero-order chi connectivity index (χ0) is 18.7. The van der Waals surface area contributed by atoms with Crippen LogP contribution in [0.5, 0.6) is 0 Å². The number of carbonyl (C=O) groups is 1. The maximum absolute atomic E-state index is 13.1. The molecule has 0 saturated carbocycles. The van der Waals surface area contributed by atoms with Crippen molar-refractivity contribution < 1.29 is 13.2 Å². The molecule has 5 nitrogen and oxygen atoms in total. The number of carbonyl (C=O) groups excluding carboxylic acids is 1. The van der Waals surface area contributed by atoms with Crippen molar-refractivity contribution in [2.24, 2.45) is 0 Å². The summed E-state index contributed by atoms with van der Waals surface area (Å²) in [5.74, 6) is -0.0341. The molecule has 0 aromatic heterocycles. The number of hydrogen-bond acceptors (Lipinski definition) is 3. The smallest absolute Gasteiger partial charge is 0.254 e. The first-order chi connectivity index (χ1) is 12.4. The Morgan fingerprint density at radius 3 is 2.31 bits per heavy atom. The van der Waals surface area contributed by atoms with Crippen LogP contribution in [-0.2, 0) is 10.0 Å². The zero-order valence-electron chi connectivity index (χ0n) is 15.9. The molecule has 2 heterocycles. The molecular weight excluding hydrogens is 348 g/mol. The Kier molecular flexibility index (Phi) is 6.03. The van der Waals surface area contributed by atoms with E-state index >= 15 is 0 Å². The van der Waals surface area contributed by atoms with Gasteiger partial charge in [-0.3, -0.25) is 4.79 Å². The van der Waals surface area contributed by atoms with Crippen molar-refractivity contribution in [2.45, 2.75) is 69.7 Å². The van der Waals surface area contributed by atoms with E-state index in [1.807, 2.05) is 18.7 Å². The van der Waals surface area contributed by atoms with E-state index in [9.17, 15) is 13.2 Å². The molecule has 1 atom stereocenters. The topological polar surface area (TPSA) is 57.7 Å². The van der Waals surface area contributed by atoms with Crippen LogP contribution in [0.4, 0.5) is 0 Å². The lowest BCUT2D eigenvalue weighted by Crippen LogP contribution is -2.42. The van der Waals surface area contributed by atoms with Crippen LogP contribution in [0.2, 0.25) is 0 Å². The van der Waals surface area contributed by atoms with E-state index in [1.165, 1.54) is 0 Å². The second-order valence-corrected chi connectivity index (χ2v) is 9.53. The van der Waals surface area contributed by atoms with Crippen molar-refractivity contribution in [3.05, 3.63) is 29.3 Å². The van der Waals surface area contributed by atoms with Crippen molar-refractivity contribution in [1.82, 2.24) is 9.21 Å². The predicted octanol–water partition coefficient (Wildman–Crippen LogP) is 3.57. The van der Waals surface area contributed by atoms with Gasteiger partial charge < -0.3 is 4.90 Å². The van der Waals surface area contributed by atoms with Crippen LogP contribution < -0.4 is 0 Å². The summed E-state index contributed by atoms with van der Waals surface area (Å²) >= 11 is 0. The van der Waals surface area contributed by atoms with Crippen LogP contribution in [0.1, 0.15) is 67.8 Å². The van der Waals surface area contributed by atoms with Gasteiger partial charge in [-0.1, -0.05) is 25.3 Å². The van der Waals surface area contributed by atoms with E-state index < -0.39 is 10.0 Å². The summed E-state index contributed by atoms with van der Waals surface area (Å²) in [6.45, 7) is 5.93. The molecule has 2 aliphatic heterocycles. The normalized spacial score (nSPS) is 22.8. The molecule has 1 amide bonds. The molecule has 0 spiro atoms. The molecule has 2 fully saturated rings. The van der Waals surface area contributed by atoms with Crippen LogP contribution in [0.25, 0.3) is 0 Å². The van der Waals surface area contributed by atoms with Gasteiger partial charge in [0.25, 0.3) is 5.91 Å². The lowest BCUT2D eigenvalue weighted by atomic mass is 10.1. The van der Waals surface area contributed by atoms with Crippen molar-refractivity contribution in [3.63, 3.8) is 0 Å². The van der Waals surface area contributed by atoms with Gasteiger partial charge >= 0.3 is 0 Å². The summed E-state index contributed by atoms with van der Waals surface area (Å²) in [6, 6.07) is 5.02. The van der Waals surface area contributed by atoms with E-state index in [-0.39, 0.29) is 16.8 Å². The van der Waals surface area contributed by atoms with Crippen LogP contribution in [-0.4, -0.2) is 49.2 Å². The fourth-order valence-corrected chi connectivity index (χ4v) is 5.73. The molecule has 0 aliphatic carbocycles. The minimum Gasteiger partial charge on any atom is -0.339 e. The Morgan fingerprint density at radius 2 is 1.65 bits per heavy atom. The summed E-state index contributed by atoms with van der Waals surface area (Å²) in [7, 11) is -3.56. The largest absolute Gasteiger partial charge is 0.339 e. The SMILES string of the molecule is Cc1ccc(S(=O)(=O)N2CCCCC2C)cc1C(=O)N1CCCCCC1. The number of rotatable bonds is 3. The average Bonchev–Trinajstić information content (AvgIpc) is 2.91. The molecule has 0 radical (unpaired) electrons. The van der Waals surface area contributed by atoms with Gasteiger partial charge in [-0.2, -0.15) is 4.31 Å². The van der Waals surface area contributed by atoms with E-state index in [4.69, 9.17) is 0 Å². The third kappa shape index (κ3) is 3.96. The third-order valence-corrected chi connectivity index (χ3v) is 7.69. The number of amides is 1. The van der Waals surface area contributed by atoms with Gasteiger partial charge in [-0.05, 0) is 57.2 Å². The highest BCUT2D eigenvalue weighted by atomic mass is 32.2. The molecule has 6 heteroatoms. The van der Waals surface area contributed by atoms with Crippen LogP contribution in [0.15, 0.2) is 23.1 Å². The minimum atomic E-state index is -3.56. The number of benzene rings is 1. The quantitative estimate of drug-likeness (QED) is 0.808. The molecular formula is C20H30N2O3S. The number of likely N-dealkylation sites (tertiary alicyclic amines) is 1. The minimum absolute atomic E-state index is 0.0137. The molecule has 26 heavy (non-hydrogen) atoms. The van der Waals surface area contributed by atoms with Gasteiger partial charge in [-0.15, -0.1) is 0 Å². The summed E-state index contributed by atoms with van der Waals surface area (Å²) in [4.78, 5) is 15.1. The summed E-state index contributed by atoms with van der Waals surface area (Å²) < 4.78 is 27.8. The van der Waals surface area contributed by atoms with E-state index in [0.717, 1.165) is 63.6 Å². The number of nitrogens with zero attached hydrogens (tertiary/aromatic N) is 2. The maximum Gasteiger partial charge on any atom is 0.254 e. The second kappa shape index (κ2) is 8.09. The number of piperidine rings is 1. The Balaban J connectivity index is 1.90. The van der Waals surface area contributed by atoms with Crippen LogP contribution >= 0.6 is 0 Å². The van der Waals surface area contributed by atoms with Crippen molar-refractivity contribution in [3.8, 4) is 0 Å². The van der Waals surface area contributed by atoms with Gasteiger partial charge in [-0.25, -0.2) is 8.42 Å². The Morgan fingerprint density at radius 1 is 1.00 bits per heavy atom. The molecule has 2 saturated heterocycles. The Bertz CT molecular complexity index is 752. The Hall–Kier alpha value is -1.40. The monoisotopic (exact) mass is 378 g/mol. The number of sulfonamides is 1. The van der Waals surface area contributed by atoms with E-state index in [0.29, 0.717) is 12.1 Å². The van der Waals surface area contributed by atoms with Gasteiger partial charge in [0.05, 0.1) is 4.90 Å². The standard InChI is InChI=1S/C20H30N2O3S/c1-16-10-11-18(26(24,25)22-14-8-5-9-17(22)2)15-19(16)20(23)21-12-6-3-4-7-13-21/h10-11,15,17H,3-9,12-14H2,1-2H3. The lowest BCUT2D eigenvalue weighted by Gasteiger charge is -2.32. The van der Waals surface area contributed by atoms with Gasteiger partial charge in [0.15, 0.2) is 0 Å². The van der Waals surface area contributed by atoms with Crippen molar-refractivity contribution >= 4 is 15.9 Å². The van der Waals surface area contributed by atoms with Crippen molar-refractivity contribution in [1.29, 1.82) is 0 Å². The Labute approximate surface area is 157 Å². The highest BCUT2D eigenvalue weighted by molar-refractivity contribution is 7.89. The number of hydrogen-bond donors (Lipinski definition) is 0. The van der Waals surface area contributed by atoms with Crippen molar-refractivity contribution in [2.75, 3.05) is 19.6 Å². The van der Waals surface area contributed by atoms with Gasteiger partial charge in [0.1, 0.15) is 0 Å².